The van der Waals surface area contributed by atoms with E-state index in [-0.39, 0.29) is 43.1 Å². The third kappa shape index (κ3) is 10.4. The van der Waals surface area contributed by atoms with Crippen molar-refractivity contribution in [2.75, 3.05) is 28.7 Å². The average molecular weight is 879 g/mol. The summed E-state index contributed by atoms with van der Waals surface area (Å²) in [5.41, 5.74) is 5.82. The van der Waals surface area contributed by atoms with Crippen molar-refractivity contribution < 1.29 is 28.7 Å². The van der Waals surface area contributed by atoms with Crippen molar-refractivity contribution in [2.24, 2.45) is 0 Å². The van der Waals surface area contributed by atoms with Crippen molar-refractivity contribution in [1.82, 2.24) is 25.6 Å². The molecule has 4 heterocycles. The molecule has 1 atom stereocenters. The van der Waals surface area contributed by atoms with Gasteiger partial charge >= 0.3 is 0 Å². The Morgan fingerprint density at radius 2 is 1.53 bits per heavy atom. The molecule has 64 heavy (non-hydrogen) atoms. The Kier molecular flexibility index (Phi) is 13.8. The highest BCUT2D eigenvalue weighted by Crippen LogP contribution is 2.43. The number of carbonyl (C=O) groups excluding carboxylic acids is 5. The summed E-state index contributed by atoms with van der Waals surface area (Å²) in [4.78, 5) is 77.8. The van der Waals surface area contributed by atoms with Gasteiger partial charge in [0.05, 0.1) is 46.4 Å². The molecule has 15 heteroatoms. The zero-order chi connectivity index (χ0) is 44.4. The molecule has 2 aliphatic rings. The molecule has 2 aromatic heterocycles. The maximum Gasteiger partial charge on any atom is 0.259 e. The van der Waals surface area contributed by atoms with E-state index in [9.17, 15) is 24.0 Å². The Bertz CT molecular complexity index is 2710. The topological polar surface area (TPSA) is 185 Å². The molecule has 1 fully saturated rings. The smallest absolute Gasteiger partial charge is 0.259 e. The number of benzene rings is 4. The van der Waals surface area contributed by atoms with Gasteiger partial charge in [0, 0.05) is 41.3 Å². The van der Waals surface area contributed by atoms with Crippen LogP contribution in [0.4, 0.5) is 23.0 Å². The van der Waals surface area contributed by atoms with Gasteiger partial charge in [0.2, 0.25) is 23.7 Å². The lowest BCUT2D eigenvalue weighted by Gasteiger charge is -2.30. The van der Waals surface area contributed by atoms with Crippen LogP contribution in [-0.4, -0.2) is 63.7 Å². The lowest BCUT2D eigenvalue weighted by atomic mass is 10.0. The molecule has 2 aliphatic heterocycles. The number of rotatable bonds is 19. The largest absolute Gasteiger partial charge is 0.483 e. The second-order valence-electron chi connectivity index (χ2n) is 15.8. The third-order valence-electron chi connectivity index (χ3n) is 11.2. The molecule has 5 amide bonds. The number of anilines is 4. The van der Waals surface area contributed by atoms with Crippen molar-refractivity contribution in [1.29, 1.82) is 0 Å². The van der Waals surface area contributed by atoms with Gasteiger partial charge in [-0.25, -0.2) is 9.97 Å². The van der Waals surface area contributed by atoms with E-state index in [0.717, 1.165) is 61.6 Å². The van der Waals surface area contributed by atoms with E-state index in [0.29, 0.717) is 68.8 Å². The van der Waals surface area contributed by atoms with Gasteiger partial charge in [-0.2, -0.15) is 0 Å². The maximum atomic E-state index is 13.4. The van der Waals surface area contributed by atoms with Crippen LogP contribution in [-0.2, 0) is 19.2 Å². The van der Waals surface area contributed by atoms with Crippen LogP contribution in [0.15, 0.2) is 110 Å². The van der Waals surface area contributed by atoms with Crippen molar-refractivity contribution >= 4 is 74.9 Å². The molecule has 326 valence electrons. The van der Waals surface area contributed by atoms with Crippen LogP contribution in [0, 0.1) is 0 Å². The summed E-state index contributed by atoms with van der Waals surface area (Å²) in [6, 6.07) is 27.8. The van der Waals surface area contributed by atoms with E-state index in [1.807, 2.05) is 48.5 Å². The average Bonchev–Trinajstić information content (AvgIpc) is 3.59. The summed E-state index contributed by atoms with van der Waals surface area (Å²) < 4.78 is 5.90. The maximum absolute atomic E-state index is 13.4. The first-order valence-corrected chi connectivity index (χ1v) is 21.9. The minimum Gasteiger partial charge on any atom is -0.483 e. The Hall–Kier alpha value is -7.19. The van der Waals surface area contributed by atoms with E-state index < -0.39 is 11.9 Å². The van der Waals surface area contributed by atoms with Crippen LogP contribution >= 0.6 is 11.6 Å². The van der Waals surface area contributed by atoms with E-state index in [1.165, 1.54) is 4.90 Å². The van der Waals surface area contributed by atoms with E-state index in [2.05, 4.69) is 48.4 Å². The lowest BCUT2D eigenvalue weighted by Crippen LogP contribution is -2.53. The number of piperidine rings is 1. The van der Waals surface area contributed by atoms with Crippen molar-refractivity contribution in [3.8, 4) is 28.1 Å². The zero-order valence-corrected chi connectivity index (χ0v) is 35.8. The molecule has 0 saturated carbocycles. The summed E-state index contributed by atoms with van der Waals surface area (Å²) in [6.45, 7) is 0.353. The predicted molar refractivity (Wildman–Crippen MR) is 246 cm³/mol. The van der Waals surface area contributed by atoms with E-state index in [1.54, 1.807) is 48.9 Å². The number of carbonyl (C=O) groups is 5. The normalized spacial score (nSPS) is 14.4. The number of ether oxygens (including phenoxy) is 1. The first-order chi connectivity index (χ1) is 31.2. The molecule has 1 saturated heterocycles. The number of imide groups is 1. The second-order valence-corrected chi connectivity index (χ2v) is 16.2. The summed E-state index contributed by atoms with van der Waals surface area (Å²) >= 11 is 6.54. The second kappa shape index (κ2) is 20.3. The number of nitrogens with zero attached hydrogens (tertiary/aromatic N) is 4. The summed E-state index contributed by atoms with van der Waals surface area (Å²) in [5, 5.41) is 13.1. The van der Waals surface area contributed by atoms with Crippen molar-refractivity contribution in [3.63, 3.8) is 0 Å². The fourth-order valence-electron chi connectivity index (χ4n) is 8.10. The summed E-state index contributed by atoms with van der Waals surface area (Å²) in [6.07, 6.45) is 12.2. The highest BCUT2D eigenvalue weighted by molar-refractivity contribution is 6.33. The molecular weight excluding hydrogens is 832 g/mol. The van der Waals surface area contributed by atoms with Crippen LogP contribution in [0.25, 0.3) is 33.2 Å². The number of pyridine rings is 1. The van der Waals surface area contributed by atoms with E-state index >= 15 is 0 Å². The monoisotopic (exact) mass is 878 g/mol. The number of unbranched alkanes of at least 4 members (excludes halogenated alkanes) is 6. The standard InChI is InChI=1S/C49H47ClN8O6/c50-38-29-53-49(57-46(38)33-16-11-15-32(25-33)31-13-7-6-8-14-31)55-35-26-34(27-51-28-35)54-42(59)19-9-4-2-1-3-5-10-24-52-44(61)30-64-41-22-20-39-45-36(41)17-12-18-37(45)48(63)58(39)40-21-23-43(60)56-47(40)62/h6-8,11-18,20,22,25-29,40H,1-5,9-10,19,21,23-24,30H2,(H,52,61)(H,54,59)(H,53,55,57)(H,56,60,62). The van der Waals surface area contributed by atoms with Crippen LogP contribution in [0.3, 0.4) is 0 Å². The number of amides is 5. The van der Waals surface area contributed by atoms with Gasteiger partial charge in [0.1, 0.15) is 11.8 Å². The quantitative estimate of drug-likeness (QED) is 0.0453. The molecule has 6 aromatic rings. The van der Waals surface area contributed by atoms with Crippen molar-refractivity contribution in [2.45, 2.75) is 70.3 Å². The van der Waals surface area contributed by atoms with Gasteiger partial charge in [-0.05, 0) is 60.7 Å². The molecule has 0 aliphatic carbocycles. The molecule has 4 N–H and O–H groups in total. The van der Waals surface area contributed by atoms with Gasteiger partial charge in [-0.1, -0.05) is 104 Å². The number of hydrogen-bond donors (Lipinski definition) is 4. The molecule has 0 spiro atoms. The van der Waals surface area contributed by atoms with Gasteiger partial charge in [0.25, 0.3) is 11.8 Å². The van der Waals surface area contributed by atoms with Gasteiger partial charge < -0.3 is 20.7 Å². The van der Waals surface area contributed by atoms with Gasteiger partial charge in [-0.3, -0.25) is 39.2 Å². The predicted octanol–water partition coefficient (Wildman–Crippen LogP) is 8.78. The molecule has 1 unspecified atom stereocenters. The van der Waals surface area contributed by atoms with E-state index in [4.69, 9.17) is 16.3 Å². The molecule has 8 rings (SSSR count). The number of nitrogens with one attached hydrogen (secondary N) is 4. The van der Waals surface area contributed by atoms with Crippen molar-refractivity contribution in [3.05, 3.63) is 120 Å². The fraction of sp³-hybridized carbons (Fsp3) is 0.265. The number of halogens is 1. The Balaban J connectivity index is 0.704. The minimum atomic E-state index is -0.777. The van der Waals surface area contributed by atoms with Gasteiger partial charge in [-0.15, -0.1) is 0 Å². The molecule has 0 bridgehead atoms. The number of hydrogen-bond acceptors (Lipinski definition) is 10. The summed E-state index contributed by atoms with van der Waals surface area (Å²) in [5.74, 6) is -0.652. The SMILES string of the molecule is O=C(COc1ccc2c3c(cccc13)C(=O)N2C1CCC(=O)NC1=O)NCCCCCCCCCC(=O)Nc1cncc(Nc2ncc(Cl)c(-c3cccc(-c4ccccc4)c3)n2)c1. The first-order valence-electron chi connectivity index (χ1n) is 21.5. The van der Waals surface area contributed by atoms with Crippen LogP contribution in [0.2, 0.25) is 5.02 Å². The van der Waals surface area contributed by atoms with Crippen LogP contribution in [0.5, 0.6) is 5.75 Å². The molecular formula is C49H47ClN8O6. The molecule has 14 nitrogen and oxygen atoms in total. The fourth-order valence-corrected chi connectivity index (χ4v) is 8.30. The highest BCUT2D eigenvalue weighted by atomic mass is 35.5. The third-order valence-corrected chi connectivity index (χ3v) is 11.5. The lowest BCUT2D eigenvalue weighted by molar-refractivity contribution is -0.134. The Morgan fingerprint density at radius 3 is 2.36 bits per heavy atom. The molecule has 0 radical (unpaired) electrons. The zero-order valence-electron chi connectivity index (χ0n) is 35.1. The van der Waals surface area contributed by atoms with Crippen LogP contribution in [0.1, 0.15) is 74.6 Å². The number of aromatic nitrogens is 3. The first kappa shape index (κ1) is 43.5. The minimum absolute atomic E-state index is 0.0813. The van der Waals surface area contributed by atoms with Gasteiger partial charge in [0.15, 0.2) is 6.61 Å². The summed E-state index contributed by atoms with van der Waals surface area (Å²) in [7, 11) is 0. The highest BCUT2D eigenvalue weighted by Gasteiger charge is 2.41. The Morgan fingerprint density at radius 1 is 0.781 bits per heavy atom. The molecule has 4 aromatic carbocycles. The van der Waals surface area contributed by atoms with Crippen LogP contribution < -0.4 is 30.9 Å². The Labute approximate surface area is 375 Å².